The standard InChI is InChI=1S/C18H28O2/c1-2-3-4-5-6-7-8-9-10-11-12-13-14-15-16-17-18(19)20/h3-4,6-7,9-10,13-14H,2,5,8,11-12,15-17H2,1H3,(H,19,20). The Labute approximate surface area is 123 Å². The van der Waals surface area contributed by atoms with Gasteiger partial charge in [-0.15, -0.1) is 0 Å². The molecule has 0 heterocycles. The topological polar surface area (TPSA) is 37.3 Å². The molecule has 112 valence electrons. The van der Waals surface area contributed by atoms with E-state index in [9.17, 15) is 4.79 Å². The van der Waals surface area contributed by atoms with Crippen LogP contribution in [0.15, 0.2) is 48.6 Å². The van der Waals surface area contributed by atoms with E-state index in [1.165, 1.54) is 0 Å². The van der Waals surface area contributed by atoms with E-state index >= 15 is 0 Å². The highest BCUT2D eigenvalue weighted by Gasteiger charge is 1.92. The van der Waals surface area contributed by atoms with Gasteiger partial charge in [0.15, 0.2) is 0 Å². The summed E-state index contributed by atoms with van der Waals surface area (Å²) in [6.07, 6.45) is 24.5. The highest BCUT2D eigenvalue weighted by atomic mass is 16.4. The molecule has 0 fully saturated rings. The van der Waals surface area contributed by atoms with Crippen molar-refractivity contribution >= 4 is 5.97 Å². The molecule has 0 aromatic rings. The zero-order chi connectivity index (χ0) is 14.9. The van der Waals surface area contributed by atoms with E-state index in [-0.39, 0.29) is 6.42 Å². The molecule has 0 radical (unpaired) electrons. The average Bonchev–Trinajstić information content (AvgIpc) is 2.43. The summed E-state index contributed by atoms with van der Waals surface area (Å²) in [5, 5.41) is 8.47. The van der Waals surface area contributed by atoms with Crippen LogP contribution < -0.4 is 0 Å². The van der Waals surface area contributed by atoms with Gasteiger partial charge in [0.1, 0.15) is 0 Å². The number of rotatable bonds is 12. The van der Waals surface area contributed by atoms with E-state index < -0.39 is 5.97 Å². The van der Waals surface area contributed by atoms with Crippen LogP contribution in [-0.2, 0) is 4.79 Å². The molecule has 0 aromatic heterocycles. The summed E-state index contributed by atoms with van der Waals surface area (Å²) in [4.78, 5) is 10.3. The molecule has 2 heteroatoms. The van der Waals surface area contributed by atoms with Crippen molar-refractivity contribution in [3.63, 3.8) is 0 Å². The van der Waals surface area contributed by atoms with Crippen molar-refractivity contribution in [3.8, 4) is 0 Å². The zero-order valence-corrected chi connectivity index (χ0v) is 12.6. The van der Waals surface area contributed by atoms with Crippen molar-refractivity contribution < 1.29 is 9.90 Å². The SMILES string of the molecule is CCC=CCC=CCC=CCCC=CCCCC(=O)O. The molecule has 0 aliphatic rings. The Bertz CT molecular complexity index is 335. The predicted octanol–water partition coefficient (Wildman–Crippen LogP) is 5.44. The van der Waals surface area contributed by atoms with Gasteiger partial charge in [-0.1, -0.05) is 55.5 Å². The molecule has 0 saturated heterocycles. The highest BCUT2D eigenvalue weighted by molar-refractivity contribution is 5.66. The Hall–Kier alpha value is -1.57. The fourth-order valence-electron chi connectivity index (χ4n) is 1.63. The zero-order valence-electron chi connectivity index (χ0n) is 12.6. The molecule has 0 saturated carbocycles. The molecule has 0 atom stereocenters. The van der Waals surface area contributed by atoms with Gasteiger partial charge < -0.3 is 5.11 Å². The van der Waals surface area contributed by atoms with Crippen LogP contribution in [0, 0.1) is 0 Å². The predicted molar refractivity (Wildman–Crippen MR) is 86.8 cm³/mol. The van der Waals surface area contributed by atoms with E-state index in [1.807, 2.05) is 0 Å². The summed E-state index contributed by atoms with van der Waals surface area (Å²) in [6.45, 7) is 2.14. The van der Waals surface area contributed by atoms with Crippen LogP contribution in [0.1, 0.15) is 58.3 Å². The molecule has 0 rings (SSSR count). The molecule has 0 aliphatic carbocycles. The van der Waals surface area contributed by atoms with Crippen molar-refractivity contribution in [1.29, 1.82) is 0 Å². The summed E-state index contributed by atoms with van der Waals surface area (Å²) in [5.41, 5.74) is 0. The maximum absolute atomic E-state index is 10.3. The number of allylic oxidation sites excluding steroid dienone is 8. The van der Waals surface area contributed by atoms with Crippen molar-refractivity contribution in [3.05, 3.63) is 48.6 Å². The maximum atomic E-state index is 10.3. The number of aliphatic carboxylic acids is 1. The lowest BCUT2D eigenvalue weighted by Crippen LogP contribution is -1.92. The summed E-state index contributed by atoms with van der Waals surface area (Å²) < 4.78 is 0. The summed E-state index contributed by atoms with van der Waals surface area (Å²) in [5.74, 6) is -0.709. The summed E-state index contributed by atoms with van der Waals surface area (Å²) >= 11 is 0. The van der Waals surface area contributed by atoms with Gasteiger partial charge >= 0.3 is 5.97 Å². The molecule has 1 N–H and O–H groups in total. The molecule has 2 nitrogen and oxygen atoms in total. The number of hydrogen-bond acceptors (Lipinski definition) is 1. The Morgan fingerprint density at radius 1 is 0.800 bits per heavy atom. The minimum atomic E-state index is -0.709. The van der Waals surface area contributed by atoms with Gasteiger partial charge in [0, 0.05) is 6.42 Å². The quantitative estimate of drug-likeness (QED) is 0.381. The lowest BCUT2D eigenvalue weighted by molar-refractivity contribution is -0.137. The lowest BCUT2D eigenvalue weighted by atomic mass is 10.2. The number of unbranched alkanes of at least 4 members (excludes halogenated alkanes) is 2. The van der Waals surface area contributed by atoms with Crippen LogP contribution >= 0.6 is 0 Å². The van der Waals surface area contributed by atoms with Gasteiger partial charge in [0.25, 0.3) is 0 Å². The molecule has 0 aliphatic heterocycles. The monoisotopic (exact) mass is 276 g/mol. The number of carboxylic acid groups (broad SMARTS) is 1. The molecule has 0 bridgehead atoms. The van der Waals surface area contributed by atoms with Gasteiger partial charge in [0.05, 0.1) is 0 Å². The fraction of sp³-hybridized carbons (Fsp3) is 0.500. The van der Waals surface area contributed by atoms with E-state index in [1.54, 1.807) is 0 Å². The van der Waals surface area contributed by atoms with Crippen LogP contribution in [0.5, 0.6) is 0 Å². The first-order chi connectivity index (χ1) is 9.77. The maximum Gasteiger partial charge on any atom is 0.303 e. The number of carboxylic acids is 1. The van der Waals surface area contributed by atoms with Crippen molar-refractivity contribution in [2.45, 2.75) is 58.3 Å². The van der Waals surface area contributed by atoms with Gasteiger partial charge in [-0.3, -0.25) is 4.79 Å². The molecular weight excluding hydrogens is 248 g/mol. The first-order valence-electron chi connectivity index (χ1n) is 7.59. The highest BCUT2D eigenvalue weighted by Crippen LogP contribution is 2.00. The van der Waals surface area contributed by atoms with Crippen molar-refractivity contribution in [2.24, 2.45) is 0 Å². The third-order valence-corrected chi connectivity index (χ3v) is 2.71. The van der Waals surface area contributed by atoms with Crippen LogP contribution in [-0.4, -0.2) is 11.1 Å². The van der Waals surface area contributed by atoms with Gasteiger partial charge in [-0.05, 0) is 44.9 Å². The average molecular weight is 276 g/mol. The third-order valence-electron chi connectivity index (χ3n) is 2.71. The normalized spacial score (nSPS) is 12.4. The Morgan fingerprint density at radius 3 is 1.90 bits per heavy atom. The second kappa shape index (κ2) is 15.5. The van der Waals surface area contributed by atoms with E-state index in [2.05, 4.69) is 55.5 Å². The number of hydrogen-bond donors (Lipinski definition) is 1. The molecule has 0 aromatic carbocycles. The van der Waals surface area contributed by atoms with E-state index in [0.29, 0.717) is 0 Å². The van der Waals surface area contributed by atoms with Crippen molar-refractivity contribution in [1.82, 2.24) is 0 Å². The van der Waals surface area contributed by atoms with E-state index in [4.69, 9.17) is 5.11 Å². The Kier molecular flexibility index (Phi) is 14.3. The van der Waals surface area contributed by atoms with Gasteiger partial charge in [0.2, 0.25) is 0 Å². The first-order valence-corrected chi connectivity index (χ1v) is 7.59. The fourth-order valence-corrected chi connectivity index (χ4v) is 1.63. The smallest absolute Gasteiger partial charge is 0.303 e. The van der Waals surface area contributed by atoms with Gasteiger partial charge in [-0.25, -0.2) is 0 Å². The first kappa shape index (κ1) is 18.4. The molecule has 0 unspecified atom stereocenters. The van der Waals surface area contributed by atoms with Crippen molar-refractivity contribution in [2.75, 3.05) is 0 Å². The van der Waals surface area contributed by atoms with E-state index in [0.717, 1.165) is 44.9 Å². The van der Waals surface area contributed by atoms with Crippen LogP contribution in [0.3, 0.4) is 0 Å². The second-order valence-electron chi connectivity index (χ2n) is 4.63. The minimum Gasteiger partial charge on any atom is -0.481 e. The third kappa shape index (κ3) is 16.4. The number of carbonyl (C=O) groups is 1. The van der Waals surface area contributed by atoms with Gasteiger partial charge in [-0.2, -0.15) is 0 Å². The summed E-state index contributed by atoms with van der Waals surface area (Å²) in [6, 6.07) is 0. The minimum absolute atomic E-state index is 0.268. The van der Waals surface area contributed by atoms with Crippen LogP contribution in [0.4, 0.5) is 0 Å². The second-order valence-corrected chi connectivity index (χ2v) is 4.63. The molecule has 0 spiro atoms. The van der Waals surface area contributed by atoms with Crippen LogP contribution in [0.2, 0.25) is 0 Å². The molecule has 0 amide bonds. The lowest BCUT2D eigenvalue weighted by Gasteiger charge is -1.91. The van der Waals surface area contributed by atoms with Crippen LogP contribution in [0.25, 0.3) is 0 Å². The largest absolute Gasteiger partial charge is 0.481 e. The Morgan fingerprint density at radius 2 is 1.30 bits per heavy atom. The molecular formula is C18H28O2. The molecule has 20 heavy (non-hydrogen) atoms. The summed E-state index contributed by atoms with van der Waals surface area (Å²) in [7, 11) is 0. The Balaban J connectivity index is 3.37.